The molecule has 4 rings (SSSR count). The summed E-state index contributed by atoms with van der Waals surface area (Å²) in [6.07, 6.45) is 0.495. The summed E-state index contributed by atoms with van der Waals surface area (Å²) in [5.41, 5.74) is 4.37. The van der Waals surface area contributed by atoms with Gasteiger partial charge in [-0.3, -0.25) is 9.79 Å². The monoisotopic (exact) mass is 492 g/mol. The number of ether oxygens (including phenoxy) is 2. The number of benzodiazepines with no additional fused rings is 1. The molecule has 6 heteroatoms. The first kappa shape index (κ1) is 22.1. The van der Waals surface area contributed by atoms with Crippen LogP contribution in [0, 0.1) is 0 Å². The number of carbonyl (C=O) groups excluding carboxylic acids is 1. The highest BCUT2D eigenvalue weighted by Crippen LogP contribution is 2.38. The van der Waals surface area contributed by atoms with E-state index in [9.17, 15) is 4.79 Å². The van der Waals surface area contributed by atoms with Crippen LogP contribution < -0.4 is 14.4 Å². The quantitative estimate of drug-likeness (QED) is 0.470. The minimum atomic E-state index is -0.562. The van der Waals surface area contributed by atoms with Gasteiger partial charge in [-0.15, -0.1) is 0 Å². The standard InChI is InChI=1S/C26H25BrN2O3/c1-4-29-22-16-24(32-3)23(31-2)15-19(22)25(17-10-6-5-7-11-17)28-21(26(29)30)14-18-12-8-9-13-20(18)27/h5-13,15-16,21H,4,14H2,1-3H3. The molecule has 3 aromatic carbocycles. The molecule has 1 amide bonds. The normalized spacial score (nSPS) is 15.6. The number of anilines is 1. The first-order valence-corrected chi connectivity index (χ1v) is 11.3. The zero-order valence-electron chi connectivity index (χ0n) is 18.3. The predicted octanol–water partition coefficient (Wildman–Crippen LogP) is 5.28. The maximum Gasteiger partial charge on any atom is 0.252 e. The van der Waals surface area contributed by atoms with Gasteiger partial charge in [0, 0.05) is 34.6 Å². The van der Waals surface area contributed by atoms with Gasteiger partial charge >= 0.3 is 0 Å². The number of hydrogen-bond donors (Lipinski definition) is 0. The van der Waals surface area contributed by atoms with Gasteiger partial charge in [0.1, 0.15) is 6.04 Å². The molecule has 0 bridgehead atoms. The van der Waals surface area contributed by atoms with Crippen molar-refractivity contribution in [3.05, 3.63) is 87.9 Å². The maximum absolute atomic E-state index is 13.7. The van der Waals surface area contributed by atoms with Crippen LogP contribution in [0.2, 0.25) is 0 Å². The second kappa shape index (κ2) is 9.57. The van der Waals surface area contributed by atoms with Gasteiger partial charge in [0.15, 0.2) is 11.5 Å². The molecular weight excluding hydrogens is 468 g/mol. The van der Waals surface area contributed by atoms with E-state index in [2.05, 4.69) is 15.9 Å². The van der Waals surface area contributed by atoms with Crippen molar-refractivity contribution >= 4 is 33.2 Å². The predicted molar refractivity (Wildman–Crippen MR) is 131 cm³/mol. The van der Waals surface area contributed by atoms with E-state index in [1.807, 2.05) is 73.7 Å². The third-order valence-electron chi connectivity index (χ3n) is 5.62. The molecule has 0 radical (unpaired) electrons. The minimum absolute atomic E-state index is 0.0392. The second-order valence-corrected chi connectivity index (χ2v) is 8.32. The number of hydrogen-bond acceptors (Lipinski definition) is 4. The van der Waals surface area contributed by atoms with Crippen molar-refractivity contribution in [2.24, 2.45) is 4.99 Å². The van der Waals surface area contributed by atoms with Crippen LogP contribution in [0.3, 0.4) is 0 Å². The number of benzene rings is 3. The molecule has 0 aromatic heterocycles. The smallest absolute Gasteiger partial charge is 0.252 e. The van der Waals surface area contributed by atoms with Crippen LogP contribution in [0.15, 0.2) is 76.2 Å². The third kappa shape index (κ3) is 4.15. The van der Waals surface area contributed by atoms with Crippen molar-refractivity contribution in [1.29, 1.82) is 0 Å². The molecule has 0 fully saturated rings. The van der Waals surface area contributed by atoms with Crippen molar-refractivity contribution in [3.63, 3.8) is 0 Å². The minimum Gasteiger partial charge on any atom is -0.493 e. The van der Waals surface area contributed by atoms with Gasteiger partial charge in [-0.2, -0.15) is 0 Å². The molecule has 0 aliphatic carbocycles. The summed E-state index contributed by atoms with van der Waals surface area (Å²) in [7, 11) is 3.21. The van der Waals surface area contributed by atoms with Crippen LogP contribution in [0.4, 0.5) is 5.69 Å². The highest BCUT2D eigenvalue weighted by Gasteiger charge is 2.33. The lowest BCUT2D eigenvalue weighted by atomic mass is 9.99. The van der Waals surface area contributed by atoms with Gasteiger partial charge in [0.2, 0.25) is 0 Å². The summed E-state index contributed by atoms with van der Waals surface area (Å²) >= 11 is 3.61. The molecule has 164 valence electrons. The third-order valence-corrected chi connectivity index (χ3v) is 6.39. The number of likely N-dealkylation sites (N-methyl/N-ethyl adjacent to an activating group) is 1. The molecular formula is C26H25BrN2O3. The number of halogens is 1. The molecule has 3 aromatic rings. The first-order valence-electron chi connectivity index (χ1n) is 10.5. The summed E-state index contributed by atoms with van der Waals surface area (Å²) in [6.45, 7) is 2.49. The van der Waals surface area contributed by atoms with Crippen LogP contribution >= 0.6 is 15.9 Å². The van der Waals surface area contributed by atoms with Crippen LogP contribution in [-0.4, -0.2) is 38.4 Å². The zero-order chi connectivity index (χ0) is 22.7. The van der Waals surface area contributed by atoms with Crippen molar-refractivity contribution in [2.75, 3.05) is 25.7 Å². The molecule has 1 aliphatic heterocycles. The Morgan fingerprint density at radius 2 is 1.62 bits per heavy atom. The summed E-state index contributed by atoms with van der Waals surface area (Å²) in [5, 5.41) is 0. The SMILES string of the molecule is CCN1C(=O)C(Cc2ccccc2Br)N=C(c2ccccc2)c2cc(OC)c(OC)cc21. The Hall–Kier alpha value is -3.12. The fraction of sp³-hybridized carbons (Fsp3) is 0.231. The topological polar surface area (TPSA) is 51.1 Å². The Balaban J connectivity index is 1.94. The van der Waals surface area contributed by atoms with Crippen LogP contribution in [0.5, 0.6) is 11.5 Å². The highest BCUT2D eigenvalue weighted by molar-refractivity contribution is 9.10. The molecule has 1 heterocycles. The van der Waals surface area contributed by atoms with Gasteiger partial charge in [0.05, 0.1) is 25.6 Å². The average Bonchev–Trinajstić information content (AvgIpc) is 2.94. The molecule has 1 unspecified atom stereocenters. The molecule has 0 N–H and O–H groups in total. The molecule has 5 nitrogen and oxygen atoms in total. The largest absolute Gasteiger partial charge is 0.493 e. The summed E-state index contributed by atoms with van der Waals surface area (Å²) in [5.74, 6) is 1.14. The Morgan fingerprint density at radius 3 is 2.28 bits per heavy atom. The fourth-order valence-electron chi connectivity index (χ4n) is 4.02. The molecule has 1 atom stereocenters. The highest BCUT2D eigenvalue weighted by atomic mass is 79.9. The van der Waals surface area contributed by atoms with Gasteiger partial charge in [-0.25, -0.2) is 0 Å². The van der Waals surface area contributed by atoms with Crippen LogP contribution in [-0.2, 0) is 11.2 Å². The lowest BCUT2D eigenvalue weighted by Crippen LogP contribution is -2.38. The van der Waals surface area contributed by atoms with E-state index in [1.165, 1.54) is 0 Å². The number of amides is 1. The molecule has 0 saturated carbocycles. The molecule has 1 aliphatic rings. The Bertz CT molecular complexity index is 1160. The van der Waals surface area contributed by atoms with E-state index in [-0.39, 0.29) is 5.91 Å². The van der Waals surface area contributed by atoms with Crippen molar-refractivity contribution in [3.8, 4) is 11.5 Å². The van der Waals surface area contributed by atoms with E-state index < -0.39 is 6.04 Å². The van der Waals surface area contributed by atoms with Crippen LogP contribution in [0.25, 0.3) is 0 Å². The van der Waals surface area contributed by atoms with Crippen LogP contribution in [0.1, 0.15) is 23.6 Å². The van der Waals surface area contributed by atoms with E-state index in [4.69, 9.17) is 14.5 Å². The summed E-state index contributed by atoms with van der Waals surface area (Å²) < 4.78 is 12.1. The fourth-order valence-corrected chi connectivity index (χ4v) is 4.46. The second-order valence-electron chi connectivity index (χ2n) is 7.46. The number of aliphatic imine (C=N–C) groups is 1. The first-order chi connectivity index (χ1) is 15.6. The maximum atomic E-state index is 13.7. The van der Waals surface area contributed by atoms with Crippen molar-refractivity contribution in [1.82, 2.24) is 0 Å². The van der Waals surface area contributed by atoms with Gasteiger partial charge in [-0.05, 0) is 24.6 Å². The van der Waals surface area contributed by atoms with Crippen molar-refractivity contribution in [2.45, 2.75) is 19.4 Å². The Labute approximate surface area is 196 Å². The number of carbonyl (C=O) groups is 1. The molecule has 0 spiro atoms. The molecule has 32 heavy (non-hydrogen) atoms. The lowest BCUT2D eigenvalue weighted by Gasteiger charge is -2.25. The Kier molecular flexibility index (Phi) is 6.61. The van der Waals surface area contributed by atoms with Gasteiger partial charge in [0.25, 0.3) is 5.91 Å². The molecule has 0 saturated heterocycles. The number of nitrogens with zero attached hydrogens (tertiary/aromatic N) is 2. The van der Waals surface area contributed by atoms with Crippen molar-refractivity contribution < 1.29 is 14.3 Å². The number of methoxy groups -OCH3 is 2. The summed E-state index contributed by atoms with van der Waals surface area (Å²) in [6, 6.07) is 21.1. The Morgan fingerprint density at radius 1 is 0.969 bits per heavy atom. The zero-order valence-corrected chi connectivity index (χ0v) is 19.9. The number of fused-ring (bicyclic) bond motifs is 1. The van der Waals surface area contributed by atoms with Gasteiger partial charge < -0.3 is 14.4 Å². The van der Waals surface area contributed by atoms with E-state index in [0.29, 0.717) is 24.5 Å². The van der Waals surface area contributed by atoms with E-state index >= 15 is 0 Å². The summed E-state index contributed by atoms with van der Waals surface area (Å²) in [4.78, 5) is 20.5. The average molecular weight is 493 g/mol. The number of rotatable bonds is 6. The van der Waals surface area contributed by atoms with Gasteiger partial charge in [-0.1, -0.05) is 64.5 Å². The van der Waals surface area contributed by atoms with E-state index in [0.717, 1.165) is 32.6 Å². The lowest BCUT2D eigenvalue weighted by molar-refractivity contribution is -0.119. The van der Waals surface area contributed by atoms with E-state index in [1.54, 1.807) is 19.1 Å².